The number of ether oxygens (including phenoxy) is 1. The van der Waals surface area contributed by atoms with Crippen LogP contribution >= 0.6 is 11.6 Å². The molecule has 0 unspecified atom stereocenters. The van der Waals surface area contributed by atoms with E-state index in [9.17, 15) is 4.79 Å². The monoisotopic (exact) mass is 317 g/mol. The zero-order valence-corrected chi connectivity index (χ0v) is 13.4. The number of aryl methyl sites for hydroxylation is 1. The summed E-state index contributed by atoms with van der Waals surface area (Å²) in [4.78, 5) is 11.9. The largest absolute Gasteiger partial charge is 0.496 e. The molecule has 2 aromatic carbocycles. The van der Waals surface area contributed by atoms with Crippen molar-refractivity contribution in [2.75, 3.05) is 7.11 Å². The standard InChI is InChI=1S/C18H20ClNO2/c1-22-17-7-3-2-6-15(17)13-20-18(21)8-4-5-14-9-11-16(19)12-10-14/h2-3,6-7,9-12H,4-5,8,13H2,1H3,(H,20,21). The summed E-state index contributed by atoms with van der Waals surface area (Å²) in [7, 11) is 1.63. The molecule has 0 aliphatic carbocycles. The van der Waals surface area contributed by atoms with Crippen molar-refractivity contribution in [3.05, 3.63) is 64.7 Å². The van der Waals surface area contributed by atoms with Crippen molar-refractivity contribution in [1.29, 1.82) is 0 Å². The van der Waals surface area contributed by atoms with Gasteiger partial charge in [0.1, 0.15) is 5.75 Å². The molecule has 0 spiro atoms. The van der Waals surface area contributed by atoms with Gasteiger partial charge < -0.3 is 10.1 Å². The van der Waals surface area contributed by atoms with Gasteiger partial charge in [-0.05, 0) is 36.6 Å². The maximum Gasteiger partial charge on any atom is 0.220 e. The Morgan fingerprint density at radius 3 is 2.59 bits per heavy atom. The number of hydrogen-bond donors (Lipinski definition) is 1. The lowest BCUT2D eigenvalue weighted by molar-refractivity contribution is -0.121. The van der Waals surface area contributed by atoms with E-state index >= 15 is 0 Å². The zero-order valence-electron chi connectivity index (χ0n) is 12.6. The quantitative estimate of drug-likeness (QED) is 0.838. The summed E-state index contributed by atoms with van der Waals surface area (Å²) in [5.74, 6) is 0.851. The lowest BCUT2D eigenvalue weighted by atomic mass is 10.1. The molecule has 0 aliphatic rings. The van der Waals surface area contributed by atoms with E-state index in [0.717, 1.165) is 29.2 Å². The molecule has 0 aliphatic heterocycles. The molecular formula is C18H20ClNO2. The van der Waals surface area contributed by atoms with Crippen LogP contribution in [-0.2, 0) is 17.8 Å². The molecule has 4 heteroatoms. The van der Waals surface area contributed by atoms with Gasteiger partial charge in [0.15, 0.2) is 0 Å². The molecule has 2 aromatic rings. The minimum absolute atomic E-state index is 0.0554. The average molecular weight is 318 g/mol. The van der Waals surface area contributed by atoms with Gasteiger partial charge in [-0.2, -0.15) is 0 Å². The van der Waals surface area contributed by atoms with Crippen LogP contribution < -0.4 is 10.1 Å². The molecule has 0 heterocycles. The van der Waals surface area contributed by atoms with Crippen LogP contribution in [0.4, 0.5) is 0 Å². The second-order valence-electron chi connectivity index (χ2n) is 5.07. The van der Waals surface area contributed by atoms with Gasteiger partial charge in [-0.1, -0.05) is 41.9 Å². The number of rotatable bonds is 7. The van der Waals surface area contributed by atoms with Crippen molar-refractivity contribution >= 4 is 17.5 Å². The van der Waals surface area contributed by atoms with E-state index in [2.05, 4.69) is 5.32 Å². The molecule has 3 nitrogen and oxygen atoms in total. The number of carbonyl (C=O) groups is 1. The molecule has 0 atom stereocenters. The lowest BCUT2D eigenvalue weighted by Crippen LogP contribution is -2.22. The number of carbonyl (C=O) groups excluding carboxylic acids is 1. The first-order chi connectivity index (χ1) is 10.7. The van der Waals surface area contributed by atoms with Gasteiger partial charge in [0.25, 0.3) is 0 Å². The predicted molar refractivity (Wildman–Crippen MR) is 89.2 cm³/mol. The van der Waals surface area contributed by atoms with Crippen LogP contribution in [0.5, 0.6) is 5.75 Å². The minimum Gasteiger partial charge on any atom is -0.496 e. The summed E-state index contributed by atoms with van der Waals surface area (Å²) in [5, 5.41) is 3.66. The Balaban J connectivity index is 1.73. The van der Waals surface area contributed by atoms with E-state index in [1.54, 1.807) is 7.11 Å². The van der Waals surface area contributed by atoms with Crippen molar-refractivity contribution in [2.45, 2.75) is 25.8 Å². The maximum atomic E-state index is 11.9. The molecule has 1 amide bonds. The van der Waals surface area contributed by atoms with Gasteiger partial charge in [0.05, 0.1) is 7.11 Å². The molecule has 116 valence electrons. The summed E-state index contributed by atoms with van der Waals surface area (Å²) in [6.07, 6.45) is 2.20. The predicted octanol–water partition coefficient (Wildman–Crippen LogP) is 3.99. The van der Waals surface area contributed by atoms with Crippen molar-refractivity contribution in [2.24, 2.45) is 0 Å². The SMILES string of the molecule is COc1ccccc1CNC(=O)CCCc1ccc(Cl)cc1. The normalized spacial score (nSPS) is 10.3. The van der Waals surface area contributed by atoms with Crippen LogP contribution in [0.15, 0.2) is 48.5 Å². The van der Waals surface area contributed by atoms with E-state index in [1.165, 1.54) is 5.56 Å². The second-order valence-corrected chi connectivity index (χ2v) is 5.51. The first-order valence-electron chi connectivity index (χ1n) is 7.32. The third kappa shape index (κ3) is 5.08. The smallest absolute Gasteiger partial charge is 0.220 e. The average Bonchev–Trinajstić information content (AvgIpc) is 2.55. The van der Waals surface area contributed by atoms with E-state index in [0.29, 0.717) is 13.0 Å². The highest BCUT2D eigenvalue weighted by Gasteiger charge is 2.05. The Labute approximate surface area is 136 Å². The highest BCUT2D eigenvalue weighted by atomic mass is 35.5. The molecule has 0 saturated heterocycles. The molecular weight excluding hydrogens is 298 g/mol. The Morgan fingerprint density at radius 2 is 1.86 bits per heavy atom. The molecule has 1 N–H and O–H groups in total. The second kappa shape index (κ2) is 8.44. The number of nitrogens with one attached hydrogen (secondary N) is 1. The van der Waals surface area contributed by atoms with Gasteiger partial charge in [-0.25, -0.2) is 0 Å². The van der Waals surface area contributed by atoms with Crippen LogP contribution in [0.1, 0.15) is 24.0 Å². The highest BCUT2D eigenvalue weighted by molar-refractivity contribution is 6.30. The number of amides is 1. The van der Waals surface area contributed by atoms with E-state index in [-0.39, 0.29) is 5.91 Å². The van der Waals surface area contributed by atoms with Crippen LogP contribution in [0.2, 0.25) is 5.02 Å². The molecule has 2 rings (SSSR count). The number of hydrogen-bond acceptors (Lipinski definition) is 2. The van der Waals surface area contributed by atoms with Gasteiger partial charge in [0.2, 0.25) is 5.91 Å². The van der Waals surface area contributed by atoms with E-state index in [1.807, 2.05) is 48.5 Å². The minimum atomic E-state index is 0.0554. The zero-order chi connectivity index (χ0) is 15.8. The fourth-order valence-corrected chi connectivity index (χ4v) is 2.36. The molecule has 0 bridgehead atoms. The van der Waals surface area contributed by atoms with Crippen LogP contribution in [0.3, 0.4) is 0 Å². The number of halogens is 1. The van der Waals surface area contributed by atoms with Crippen LogP contribution in [0, 0.1) is 0 Å². The summed E-state index contributed by atoms with van der Waals surface area (Å²) >= 11 is 5.85. The van der Waals surface area contributed by atoms with Crippen molar-refractivity contribution in [3.63, 3.8) is 0 Å². The summed E-state index contributed by atoms with van der Waals surface area (Å²) in [5.41, 5.74) is 2.18. The van der Waals surface area contributed by atoms with Gasteiger partial charge in [0, 0.05) is 23.6 Å². The molecule has 0 radical (unpaired) electrons. The van der Waals surface area contributed by atoms with Gasteiger partial charge in [-0.15, -0.1) is 0 Å². The Kier molecular flexibility index (Phi) is 6.28. The summed E-state index contributed by atoms with van der Waals surface area (Å²) in [6, 6.07) is 15.4. The lowest BCUT2D eigenvalue weighted by Gasteiger charge is -2.09. The maximum absolute atomic E-state index is 11.9. The number of para-hydroxylation sites is 1. The number of benzene rings is 2. The first kappa shape index (κ1) is 16.4. The third-order valence-corrected chi connectivity index (χ3v) is 3.70. The van der Waals surface area contributed by atoms with Gasteiger partial charge in [-0.3, -0.25) is 4.79 Å². The van der Waals surface area contributed by atoms with Crippen molar-refractivity contribution in [1.82, 2.24) is 5.32 Å². The van der Waals surface area contributed by atoms with E-state index in [4.69, 9.17) is 16.3 Å². The summed E-state index contributed by atoms with van der Waals surface area (Å²) in [6.45, 7) is 0.490. The van der Waals surface area contributed by atoms with Gasteiger partial charge >= 0.3 is 0 Å². The Hall–Kier alpha value is -2.00. The van der Waals surface area contributed by atoms with Crippen molar-refractivity contribution in [3.8, 4) is 5.75 Å². The molecule has 0 fully saturated rings. The van der Waals surface area contributed by atoms with E-state index < -0.39 is 0 Å². The third-order valence-electron chi connectivity index (χ3n) is 3.45. The summed E-state index contributed by atoms with van der Waals surface area (Å²) < 4.78 is 5.26. The fourth-order valence-electron chi connectivity index (χ4n) is 2.24. The first-order valence-corrected chi connectivity index (χ1v) is 7.70. The fraction of sp³-hybridized carbons (Fsp3) is 0.278. The topological polar surface area (TPSA) is 38.3 Å². The number of methoxy groups -OCH3 is 1. The molecule has 0 aromatic heterocycles. The Morgan fingerprint density at radius 1 is 1.14 bits per heavy atom. The van der Waals surface area contributed by atoms with Crippen LogP contribution in [-0.4, -0.2) is 13.0 Å². The Bertz CT molecular complexity index is 611. The molecule has 0 saturated carbocycles. The molecule has 22 heavy (non-hydrogen) atoms. The highest BCUT2D eigenvalue weighted by Crippen LogP contribution is 2.17. The van der Waals surface area contributed by atoms with Crippen LogP contribution in [0.25, 0.3) is 0 Å². The van der Waals surface area contributed by atoms with Crippen molar-refractivity contribution < 1.29 is 9.53 Å².